The van der Waals surface area contributed by atoms with E-state index >= 15 is 0 Å². The molecule has 0 spiro atoms. The maximum absolute atomic E-state index is 10.8. The van der Waals surface area contributed by atoms with E-state index in [-0.39, 0.29) is 5.69 Å². The number of hydrogen-bond acceptors (Lipinski definition) is 8. The first kappa shape index (κ1) is 18.6. The fraction of sp³-hybridized carbons (Fsp3) is 0.105. The topological polar surface area (TPSA) is 107 Å². The van der Waals surface area contributed by atoms with Crippen LogP contribution in [0.3, 0.4) is 0 Å². The molecule has 0 aliphatic heterocycles. The van der Waals surface area contributed by atoms with Gasteiger partial charge in [0.1, 0.15) is 18.1 Å². The van der Waals surface area contributed by atoms with E-state index in [1.165, 1.54) is 28.4 Å². The molecule has 29 heavy (non-hydrogen) atoms. The minimum Gasteiger partial charge on any atom is -0.496 e. The predicted octanol–water partition coefficient (Wildman–Crippen LogP) is 3.90. The molecule has 0 radical (unpaired) electrons. The predicted molar refractivity (Wildman–Crippen MR) is 112 cm³/mol. The van der Waals surface area contributed by atoms with Crippen molar-refractivity contribution >= 4 is 38.6 Å². The van der Waals surface area contributed by atoms with Gasteiger partial charge in [-0.2, -0.15) is 10.2 Å². The fourth-order valence-corrected chi connectivity index (χ4v) is 3.61. The molecule has 0 saturated heterocycles. The Kier molecular flexibility index (Phi) is 5.16. The molecule has 0 aliphatic rings. The van der Waals surface area contributed by atoms with Crippen molar-refractivity contribution in [3.8, 4) is 5.75 Å². The molecule has 2 aromatic heterocycles. The van der Waals surface area contributed by atoms with Crippen LogP contribution < -0.4 is 10.2 Å². The van der Waals surface area contributed by atoms with Crippen molar-refractivity contribution in [2.24, 2.45) is 5.10 Å². The summed E-state index contributed by atoms with van der Waals surface area (Å²) in [4.78, 5) is 14.8. The Balaban J connectivity index is 1.50. The second-order valence-corrected chi connectivity index (χ2v) is 7.11. The lowest BCUT2D eigenvalue weighted by molar-refractivity contribution is -0.385. The second kappa shape index (κ2) is 8.07. The lowest BCUT2D eigenvalue weighted by Gasteiger charge is -2.09. The number of ether oxygens (including phenoxy) is 1. The van der Waals surface area contributed by atoms with Crippen LogP contribution in [-0.2, 0) is 6.54 Å². The van der Waals surface area contributed by atoms with Crippen molar-refractivity contribution in [1.29, 1.82) is 0 Å². The maximum atomic E-state index is 10.8. The molecular weight excluding hydrogens is 392 g/mol. The van der Waals surface area contributed by atoms with E-state index < -0.39 is 4.92 Å². The first-order valence-corrected chi connectivity index (χ1v) is 9.42. The molecule has 1 N–H and O–H groups in total. The highest BCUT2D eigenvalue weighted by Crippen LogP contribution is 2.25. The van der Waals surface area contributed by atoms with Crippen LogP contribution in [0.15, 0.2) is 60.0 Å². The van der Waals surface area contributed by atoms with Gasteiger partial charge in [-0.3, -0.25) is 20.2 Å². The highest BCUT2D eigenvalue weighted by molar-refractivity contribution is 7.22. The first-order chi connectivity index (χ1) is 14.1. The number of nitro groups is 1. The van der Waals surface area contributed by atoms with Crippen LogP contribution in [0.1, 0.15) is 11.1 Å². The van der Waals surface area contributed by atoms with Gasteiger partial charge in [-0.05, 0) is 35.9 Å². The van der Waals surface area contributed by atoms with Crippen LogP contribution in [0.5, 0.6) is 5.75 Å². The molecule has 0 bridgehead atoms. The van der Waals surface area contributed by atoms with Gasteiger partial charge in [-0.1, -0.05) is 23.5 Å². The van der Waals surface area contributed by atoms with Crippen LogP contribution in [0.4, 0.5) is 10.8 Å². The third-order valence-electron chi connectivity index (χ3n) is 4.13. The Morgan fingerprint density at radius 2 is 2.21 bits per heavy atom. The molecule has 2 heterocycles. The fourth-order valence-electron chi connectivity index (χ4n) is 2.79. The van der Waals surface area contributed by atoms with Crippen LogP contribution in [0.2, 0.25) is 0 Å². The van der Waals surface area contributed by atoms with E-state index in [9.17, 15) is 10.1 Å². The van der Waals surface area contributed by atoms with Gasteiger partial charge in [0.05, 0.1) is 35.0 Å². The average Bonchev–Trinajstić information content (AvgIpc) is 3.35. The summed E-state index contributed by atoms with van der Waals surface area (Å²) in [6.45, 7) is 0.337. The van der Waals surface area contributed by atoms with Crippen molar-refractivity contribution in [3.05, 3.63) is 76.1 Å². The smallest absolute Gasteiger partial charge is 0.307 e. The Morgan fingerprint density at radius 1 is 1.34 bits per heavy atom. The number of nitrogens with one attached hydrogen (secondary N) is 1. The standard InChI is InChI=1S/C19H16N6O3S/c1-28-17-7-6-13(8-14(17)11-24-12-15(10-21-24)25(26)27)9-20-23-19-22-16-4-2-3-5-18(16)29-19/h2-10,12H,11H2,1H3,(H,22,23)/b20-9+. The summed E-state index contributed by atoms with van der Waals surface area (Å²) in [6.07, 6.45) is 4.29. The third-order valence-corrected chi connectivity index (χ3v) is 5.08. The number of nitrogens with zero attached hydrogens (tertiary/aromatic N) is 5. The van der Waals surface area contributed by atoms with Gasteiger partial charge < -0.3 is 4.74 Å². The molecule has 2 aromatic carbocycles. The number of rotatable bonds is 7. The summed E-state index contributed by atoms with van der Waals surface area (Å²) in [6, 6.07) is 13.5. The Bertz CT molecular complexity index is 1170. The molecule has 9 nitrogen and oxygen atoms in total. The van der Waals surface area contributed by atoms with E-state index in [1.807, 2.05) is 42.5 Å². The number of methoxy groups -OCH3 is 1. The van der Waals surface area contributed by atoms with Crippen molar-refractivity contribution in [2.75, 3.05) is 12.5 Å². The van der Waals surface area contributed by atoms with Crippen LogP contribution in [0, 0.1) is 10.1 Å². The second-order valence-electron chi connectivity index (χ2n) is 6.08. The van der Waals surface area contributed by atoms with Crippen LogP contribution in [0.25, 0.3) is 10.2 Å². The van der Waals surface area contributed by atoms with Crippen molar-refractivity contribution in [3.63, 3.8) is 0 Å². The van der Waals surface area contributed by atoms with Gasteiger partial charge in [0.2, 0.25) is 5.13 Å². The number of thiazole rings is 1. The Hall–Kier alpha value is -3.79. The van der Waals surface area contributed by atoms with Crippen LogP contribution in [-0.4, -0.2) is 33.0 Å². The Labute approximate surface area is 169 Å². The number of para-hydroxylation sites is 1. The molecule has 0 unspecified atom stereocenters. The minimum atomic E-state index is -0.475. The largest absolute Gasteiger partial charge is 0.496 e. The number of fused-ring (bicyclic) bond motifs is 1. The monoisotopic (exact) mass is 408 g/mol. The molecule has 146 valence electrons. The van der Waals surface area contributed by atoms with E-state index in [1.54, 1.807) is 13.3 Å². The van der Waals surface area contributed by atoms with Gasteiger partial charge in [0.15, 0.2) is 0 Å². The van der Waals surface area contributed by atoms with Crippen molar-refractivity contribution < 1.29 is 9.66 Å². The van der Waals surface area contributed by atoms with Gasteiger partial charge in [-0.25, -0.2) is 4.98 Å². The summed E-state index contributed by atoms with van der Waals surface area (Å²) in [5.74, 6) is 0.666. The number of hydrazone groups is 1. The number of benzene rings is 2. The van der Waals surface area contributed by atoms with E-state index in [0.717, 1.165) is 21.3 Å². The lowest BCUT2D eigenvalue weighted by atomic mass is 10.1. The van der Waals surface area contributed by atoms with Crippen molar-refractivity contribution in [1.82, 2.24) is 14.8 Å². The van der Waals surface area contributed by atoms with Crippen LogP contribution >= 0.6 is 11.3 Å². The summed E-state index contributed by atoms with van der Waals surface area (Å²) < 4.78 is 7.98. The normalized spacial score (nSPS) is 11.2. The summed E-state index contributed by atoms with van der Waals surface area (Å²) in [5, 5.41) is 19.8. The Morgan fingerprint density at radius 3 is 2.97 bits per heavy atom. The number of hydrogen-bond donors (Lipinski definition) is 1. The highest BCUT2D eigenvalue weighted by atomic mass is 32.1. The zero-order valence-corrected chi connectivity index (χ0v) is 16.2. The molecular formula is C19H16N6O3S. The summed E-state index contributed by atoms with van der Waals surface area (Å²) in [7, 11) is 1.58. The molecule has 0 fully saturated rings. The van der Waals surface area contributed by atoms with E-state index in [2.05, 4.69) is 20.6 Å². The number of anilines is 1. The van der Waals surface area contributed by atoms with Gasteiger partial charge >= 0.3 is 5.69 Å². The molecule has 10 heteroatoms. The zero-order chi connectivity index (χ0) is 20.2. The molecule has 0 saturated carbocycles. The number of aromatic nitrogens is 3. The third kappa shape index (κ3) is 4.22. The van der Waals surface area contributed by atoms with Gasteiger partial charge in [-0.15, -0.1) is 0 Å². The van der Waals surface area contributed by atoms with Gasteiger partial charge in [0, 0.05) is 5.56 Å². The highest BCUT2D eigenvalue weighted by Gasteiger charge is 2.11. The molecule has 0 amide bonds. The zero-order valence-electron chi connectivity index (χ0n) is 15.3. The van der Waals surface area contributed by atoms with Gasteiger partial charge in [0.25, 0.3) is 0 Å². The first-order valence-electron chi connectivity index (χ1n) is 8.61. The van der Waals surface area contributed by atoms with Crippen molar-refractivity contribution in [2.45, 2.75) is 6.54 Å². The minimum absolute atomic E-state index is 0.0540. The quantitative estimate of drug-likeness (QED) is 0.282. The molecule has 4 aromatic rings. The molecule has 0 aliphatic carbocycles. The average molecular weight is 408 g/mol. The van der Waals surface area contributed by atoms with E-state index in [4.69, 9.17) is 4.74 Å². The summed E-state index contributed by atoms with van der Waals surface area (Å²) >= 11 is 1.53. The maximum Gasteiger partial charge on any atom is 0.307 e. The molecule has 4 rings (SSSR count). The summed E-state index contributed by atoms with van der Waals surface area (Å²) in [5.41, 5.74) is 5.49. The molecule has 0 atom stereocenters. The SMILES string of the molecule is COc1ccc(/C=N/Nc2nc3ccccc3s2)cc1Cn1cc([N+](=O)[O-])cn1. The van der Waals surface area contributed by atoms with E-state index in [0.29, 0.717) is 17.4 Å². The lowest BCUT2D eigenvalue weighted by Crippen LogP contribution is -2.03.